The van der Waals surface area contributed by atoms with Gasteiger partial charge in [0.25, 0.3) is 15.9 Å². The van der Waals surface area contributed by atoms with Crippen LogP contribution in [0.25, 0.3) is 16.6 Å². The van der Waals surface area contributed by atoms with Gasteiger partial charge in [-0.1, -0.05) is 49.2 Å². The van der Waals surface area contributed by atoms with E-state index in [1.54, 1.807) is 37.5 Å². The minimum absolute atomic E-state index is 0.0495. The highest BCUT2D eigenvalue weighted by Gasteiger charge is 2.35. The van der Waals surface area contributed by atoms with Crippen molar-refractivity contribution in [1.29, 1.82) is 0 Å². The Labute approximate surface area is 361 Å². The Morgan fingerprint density at radius 3 is 2.44 bits per heavy atom. The van der Waals surface area contributed by atoms with Gasteiger partial charge in [0.2, 0.25) is 5.92 Å². The standard InChI is InChI=1S/C47H53ClF2N6O4S/c1-31-25-37(12-14-40(31)51-28-32-15-19-47(49,50)20-16-32)61(58,59)54-45(57)38-13-11-36(26-43(38)60-42-6-4-5-41-44(42)53-30-52-41)56-23-21-55(22-24-56)29-34-17-18-46(2,3)27-39(34)33-7-9-35(48)10-8-33/h4-14,25-26,30,32,51H,15-24,27-29H2,1-3H3,(H,52,53)(H,54,57). The van der Waals surface area contributed by atoms with Gasteiger partial charge in [0.15, 0.2) is 5.75 Å². The molecule has 322 valence electrons. The van der Waals surface area contributed by atoms with E-state index in [2.05, 4.69) is 55.8 Å². The van der Waals surface area contributed by atoms with Crippen molar-refractivity contribution < 1.29 is 26.7 Å². The Morgan fingerprint density at radius 2 is 1.70 bits per heavy atom. The number of allylic oxidation sites excluding steroid dienone is 1. The summed E-state index contributed by atoms with van der Waals surface area (Å²) in [6.45, 7) is 11.1. The number of halogens is 3. The van der Waals surface area contributed by atoms with Crippen molar-refractivity contribution in [2.24, 2.45) is 11.3 Å². The van der Waals surface area contributed by atoms with Crippen LogP contribution in [0.5, 0.6) is 11.5 Å². The number of amides is 1. The van der Waals surface area contributed by atoms with E-state index in [9.17, 15) is 22.0 Å². The molecule has 1 saturated carbocycles. The van der Waals surface area contributed by atoms with Crippen LogP contribution in [0.3, 0.4) is 0 Å². The Kier molecular flexibility index (Phi) is 12.2. The SMILES string of the molecule is Cc1cc(S(=O)(=O)NC(=O)c2ccc(N3CCN(CC4=C(c5ccc(Cl)cc5)CC(C)(C)CC4)CC3)cc2Oc2cccc3[nH]cnc23)ccc1NCC1CCC(F)(F)CC1. The minimum atomic E-state index is -4.30. The number of nitrogens with zero attached hydrogens (tertiary/aromatic N) is 3. The molecule has 1 saturated heterocycles. The van der Waals surface area contributed by atoms with Crippen molar-refractivity contribution in [2.45, 2.75) is 76.5 Å². The number of aryl methyl sites for hydroxylation is 1. The molecule has 1 aromatic heterocycles. The van der Waals surface area contributed by atoms with E-state index in [0.717, 1.165) is 68.2 Å². The number of hydrogen-bond acceptors (Lipinski definition) is 8. The van der Waals surface area contributed by atoms with Gasteiger partial charge in [-0.15, -0.1) is 0 Å². The third-order valence-corrected chi connectivity index (χ3v) is 14.1. The minimum Gasteiger partial charge on any atom is -0.454 e. The van der Waals surface area contributed by atoms with Crippen LogP contribution in [0.2, 0.25) is 5.02 Å². The van der Waals surface area contributed by atoms with E-state index >= 15 is 0 Å². The quantitative estimate of drug-likeness (QED) is 0.113. The van der Waals surface area contributed by atoms with Gasteiger partial charge in [-0.2, -0.15) is 0 Å². The lowest BCUT2D eigenvalue weighted by Gasteiger charge is -2.39. The molecule has 1 aliphatic heterocycles. The van der Waals surface area contributed by atoms with Crippen molar-refractivity contribution in [3.8, 4) is 11.5 Å². The molecule has 5 aromatic rings. The Balaban J connectivity index is 0.981. The fourth-order valence-corrected chi connectivity index (χ4v) is 9.99. The highest BCUT2D eigenvalue weighted by Crippen LogP contribution is 2.44. The molecule has 0 radical (unpaired) electrons. The van der Waals surface area contributed by atoms with Gasteiger partial charge in [-0.25, -0.2) is 26.9 Å². The number of rotatable bonds is 12. The molecule has 61 heavy (non-hydrogen) atoms. The number of ether oxygens (including phenoxy) is 1. The lowest BCUT2D eigenvalue weighted by molar-refractivity contribution is -0.0443. The predicted octanol–water partition coefficient (Wildman–Crippen LogP) is 10.5. The number of aromatic nitrogens is 2. The van der Waals surface area contributed by atoms with Crippen molar-refractivity contribution in [1.82, 2.24) is 19.6 Å². The van der Waals surface area contributed by atoms with Crippen LogP contribution in [0.15, 0.2) is 95.7 Å². The highest BCUT2D eigenvalue weighted by molar-refractivity contribution is 7.90. The van der Waals surface area contributed by atoms with Gasteiger partial charge in [0.1, 0.15) is 11.3 Å². The van der Waals surface area contributed by atoms with Crippen LogP contribution in [-0.2, 0) is 10.0 Å². The molecule has 4 aromatic carbocycles. The summed E-state index contributed by atoms with van der Waals surface area (Å²) < 4.78 is 63.4. The number of alkyl halides is 2. The van der Waals surface area contributed by atoms with Crippen molar-refractivity contribution in [2.75, 3.05) is 49.5 Å². The molecule has 1 amide bonds. The zero-order valence-electron chi connectivity index (χ0n) is 34.9. The maximum atomic E-state index is 14.0. The van der Waals surface area contributed by atoms with Crippen LogP contribution in [0.1, 0.15) is 80.3 Å². The molecule has 3 N–H and O–H groups in total. The number of hydrogen-bond donors (Lipinski definition) is 3. The summed E-state index contributed by atoms with van der Waals surface area (Å²) in [5, 5.41) is 4.03. The zero-order valence-corrected chi connectivity index (χ0v) is 36.4. The molecule has 2 aliphatic carbocycles. The summed E-state index contributed by atoms with van der Waals surface area (Å²) in [5.41, 5.74) is 7.97. The first kappa shape index (κ1) is 42.7. The highest BCUT2D eigenvalue weighted by atomic mass is 35.5. The Morgan fingerprint density at radius 1 is 0.951 bits per heavy atom. The smallest absolute Gasteiger partial charge is 0.268 e. The number of anilines is 2. The van der Waals surface area contributed by atoms with E-state index in [-0.39, 0.29) is 40.4 Å². The summed E-state index contributed by atoms with van der Waals surface area (Å²) in [7, 11) is -4.30. The molecule has 2 heterocycles. The normalized spacial score (nSPS) is 18.6. The molecule has 2 fully saturated rings. The number of piperazine rings is 1. The summed E-state index contributed by atoms with van der Waals surface area (Å²) in [6.07, 6.45) is 5.43. The molecular weight excluding hydrogens is 818 g/mol. The fraction of sp³-hybridized carbons (Fsp3) is 0.404. The third-order valence-electron chi connectivity index (χ3n) is 12.5. The van der Waals surface area contributed by atoms with E-state index in [4.69, 9.17) is 16.3 Å². The summed E-state index contributed by atoms with van der Waals surface area (Å²) >= 11 is 6.24. The molecule has 10 nitrogen and oxygen atoms in total. The monoisotopic (exact) mass is 870 g/mol. The molecule has 0 unspecified atom stereocenters. The fourth-order valence-electron chi connectivity index (χ4n) is 8.81. The van der Waals surface area contributed by atoms with E-state index in [1.165, 1.54) is 28.8 Å². The van der Waals surface area contributed by atoms with Crippen LogP contribution < -0.4 is 19.7 Å². The number of H-pyrrole nitrogens is 1. The second-order valence-electron chi connectivity index (χ2n) is 17.6. The number of para-hydroxylation sites is 1. The van der Waals surface area contributed by atoms with Gasteiger partial charge >= 0.3 is 0 Å². The lowest BCUT2D eigenvalue weighted by Crippen LogP contribution is -2.47. The number of nitrogens with one attached hydrogen (secondary N) is 3. The molecule has 3 aliphatic rings. The number of imidazole rings is 1. The summed E-state index contributed by atoms with van der Waals surface area (Å²) in [6, 6.07) is 23.5. The maximum absolute atomic E-state index is 14.0. The molecule has 8 rings (SSSR count). The number of aromatic amines is 1. The topological polar surface area (TPSA) is 120 Å². The first-order valence-electron chi connectivity index (χ1n) is 21.1. The number of fused-ring (bicyclic) bond motifs is 1. The molecule has 0 bridgehead atoms. The van der Waals surface area contributed by atoms with Crippen molar-refractivity contribution >= 4 is 55.5 Å². The average Bonchev–Trinajstić information content (AvgIpc) is 3.72. The van der Waals surface area contributed by atoms with Crippen LogP contribution in [-0.4, -0.2) is 74.4 Å². The molecule has 0 spiro atoms. The van der Waals surface area contributed by atoms with Gasteiger partial charge < -0.3 is 19.9 Å². The van der Waals surface area contributed by atoms with Gasteiger partial charge in [0.05, 0.1) is 22.3 Å². The first-order valence-corrected chi connectivity index (χ1v) is 23.0. The third kappa shape index (κ3) is 10.1. The van der Waals surface area contributed by atoms with Gasteiger partial charge in [0, 0.05) is 74.6 Å². The van der Waals surface area contributed by atoms with Gasteiger partial charge in [-0.05, 0) is 122 Å². The maximum Gasteiger partial charge on any atom is 0.268 e. The number of carbonyl (C=O) groups is 1. The second kappa shape index (κ2) is 17.4. The van der Waals surface area contributed by atoms with Crippen LogP contribution >= 0.6 is 11.6 Å². The predicted molar refractivity (Wildman–Crippen MR) is 238 cm³/mol. The van der Waals surface area contributed by atoms with E-state index in [1.807, 2.05) is 30.3 Å². The van der Waals surface area contributed by atoms with Crippen LogP contribution in [0.4, 0.5) is 20.2 Å². The Bertz CT molecular complexity index is 2540. The summed E-state index contributed by atoms with van der Waals surface area (Å²) in [4.78, 5) is 26.1. The average molecular weight is 871 g/mol. The van der Waals surface area contributed by atoms with E-state index < -0.39 is 21.9 Å². The van der Waals surface area contributed by atoms with E-state index in [0.29, 0.717) is 41.9 Å². The largest absolute Gasteiger partial charge is 0.454 e. The van der Waals surface area contributed by atoms with Crippen molar-refractivity contribution in [3.63, 3.8) is 0 Å². The lowest BCUT2D eigenvalue weighted by atomic mass is 9.72. The Hall–Kier alpha value is -4.98. The zero-order chi connectivity index (χ0) is 42.9. The molecule has 14 heteroatoms. The van der Waals surface area contributed by atoms with Crippen molar-refractivity contribution in [3.05, 3.63) is 112 Å². The molecular formula is C47H53ClF2N6O4S. The second-order valence-corrected chi connectivity index (χ2v) is 19.7. The summed E-state index contributed by atoms with van der Waals surface area (Å²) in [5.74, 6) is -2.71. The first-order chi connectivity index (χ1) is 29.1. The van der Waals surface area contributed by atoms with Gasteiger partial charge in [-0.3, -0.25) is 9.69 Å². The van der Waals surface area contributed by atoms with Crippen LogP contribution in [0, 0.1) is 18.3 Å². The number of carbonyl (C=O) groups excluding carboxylic acids is 1. The number of benzene rings is 4. The molecule has 0 atom stereocenters. The number of sulfonamides is 1.